The van der Waals surface area contributed by atoms with E-state index in [2.05, 4.69) is 156 Å². The van der Waals surface area contributed by atoms with Crippen LogP contribution in [0.5, 0.6) is 0 Å². The molecule has 0 bridgehead atoms. The van der Waals surface area contributed by atoms with E-state index in [1.165, 1.54) is 49.5 Å². The van der Waals surface area contributed by atoms with E-state index in [4.69, 9.17) is 16.3 Å². The molecule has 3 aromatic heterocycles. The van der Waals surface area contributed by atoms with E-state index in [1.54, 1.807) is 12.1 Å². The number of furan rings is 1. The monoisotopic (exact) mass is 1090 g/mol. The minimum Gasteiger partial charge on any atom is 0 e. The topological polar surface area (TPSA) is 43.9 Å². The fourth-order valence-corrected chi connectivity index (χ4v) is 12.2. The van der Waals surface area contributed by atoms with Gasteiger partial charge in [-0.25, -0.2) is 0 Å². The summed E-state index contributed by atoms with van der Waals surface area (Å²) < 4.78 is 50.1. The van der Waals surface area contributed by atoms with Crippen molar-refractivity contribution in [2.24, 2.45) is 5.41 Å². The van der Waals surface area contributed by atoms with Crippen LogP contribution in [-0.4, -0.2) is 27.8 Å². The van der Waals surface area contributed by atoms with Gasteiger partial charge in [-0.15, -0.1) is 18.2 Å². The van der Waals surface area contributed by atoms with Crippen molar-refractivity contribution in [2.75, 3.05) is 0 Å². The van der Waals surface area contributed by atoms with Crippen molar-refractivity contribution < 1.29 is 31.4 Å². The van der Waals surface area contributed by atoms with Gasteiger partial charge < -0.3 is 8.98 Å². The van der Waals surface area contributed by atoms with Crippen LogP contribution in [-0.2, 0) is 26.5 Å². The Morgan fingerprint density at radius 3 is 2.25 bits per heavy atom. The second-order valence-electron chi connectivity index (χ2n) is 18.9. The van der Waals surface area contributed by atoms with Gasteiger partial charge in [-0.05, 0) is 81.6 Å². The third-order valence-electron chi connectivity index (χ3n) is 12.1. The molecule has 0 saturated heterocycles. The van der Waals surface area contributed by atoms with Crippen molar-refractivity contribution in [1.82, 2.24) is 14.5 Å². The Hall–Kier alpha value is -5.85. The minimum atomic E-state index is -2.36. The van der Waals surface area contributed by atoms with E-state index in [9.17, 15) is 0 Å². The molecule has 0 atom stereocenters. The van der Waals surface area contributed by atoms with Crippen LogP contribution in [0.2, 0.25) is 17.3 Å². The molecule has 0 aliphatic heterocycles. The number of para-hydroxylation sites is 2. The maximum atomic E-state index is 8.80. The molecule has 65 heavy (non-hydrogen) atoms. The first-order valence-corrected chi connectivity index (χ1v) is 29.2. The molecule has 0 saturated carbocycles. The van der Waals surface area contributed by atoms with Crippen molar-refractivity contribution in [3.63, 3.8) is 0 Å². The fourth-order valence-electron chi connectivity index (χ4n) is 9.24. The summed E-state index contributed by atoms with van der Waals surface area (Å²) in [6, 6.07) is 53.7. The Kier molecular flexibility index (Phi) is 10.2. The average Bonchev–Trinajstić information content (AvgIpc) is 3.90. The van der Waals surface area contributed by atoms with Crippen molar-refractivity contribution in [2.45, 2.75) is 65.1 Å². The molecule has 0 fully saturated rings. The molecule has 11 aromatic rings. The van der Waals surface area contributed by atoms with Gasteiger partial charge in [0.05, 0.1) is 22.4 Å². The summed E-state index contributed by atoms with van der Waals surface area (Å²) in [6.45, 7) is 7.96. The largest absolute Gasteiger partial charge is 0 e. The third-order valence-corrected chi connectivity index (χ3v) is 16.3. The van der Waals surface area contributed by atoms with Crippen molar-refractivity contribution >= 4 is 83.0 Å². The quantitative estimate of drug-likeness (QED) is 0.0980. The molecule has 0 spiro atoms. The molecular formula is C59H53GeIrN3O-2. The van der Waals surface area contributed by atoms with Crippen molar-refractivity contribution in [3.8, 4) is 28.3 Å². The number of benzene rings is 8. The van der Waals surface area contributed by atoms with Gasteiger partial charge in [0.25, 0.3) is 0 Å². The number of nitrogens with zero attached hydrogens (tertiary/aromatic N) is 3. The molecule has 0 aliphatic carbocycles. The predicted molar refractivity (Wildman–Crippen MR) is 274 cm³/mol. The molecule has 4 nitrogen and oxygen atoms in total. The number of imidazole rings is 1. The van der Waals surface area contributed by atoms with Crippen LogP contribution < -0.4 is 4.40 Å². The zero-order valence-corrected chi connectivity index (χ0v) is 42.4. The minimum absolute atomic E-state index is 0. The summed E-state index contributed by atoms with van der Waals surface area (Å²) in [4.78, 5) is 9.79. The molecule has 11 rings (SSSR count). The number of rotatable bonds is 5. The standard InChI is InChI=1S/C39H25N2O.C20H28GeN.Ir/c1-23-22-26-11-4-5-12-27(26)24(2)37(23)41-34-17-8-7-16-33(34)40-39(41)32-15-9-14-31-36-30-19-18-25-10-3-6-13-28(25)29(30)20-21-35(36)42-38(31)32;1-15-8-10-16(11-9-15)19-12-17(13-20(2,3)4)18(14-22-19)21(5,6)7;/h3-14,16-22H,1-2H3;8-10,12,14H,13H2,1-7H3;/q2*-1;/i;1D3,13D2;. The third kappa shape index (κ3) is 8.24. The van der Waals surface area contributed by atoms with Gasteiger partial charge in [0.2, 0.25) is 0 Å². The summed E-state index contributed by atoms with van der Waals surface area (Å²) in [5, 5.41) is 9.59. The Balaban J connectivity index is 0.000000190. The normalized spacial score (nSPS) is 13.6. The van der Waals surface area contributed by atoms with E-state index < -0.39 is 31.9 Å². The molecule has 8 aromatic carbocycles. The van der Waals surface area contributed by atoms with Crippen LogP contribution in [0.3, 0.4) is 0 Å². The number of pyridine rings is 1. The van der Waals surface area contributed by atoms with Crippen LogP contribution in [0, 0.1) is 38.2 Å². The van der Waals surface area contributed by atoms with Crippen molar-refractivity contribution in [1.29, 1.82) is 0 Å². The molecule has 6 heteroatoms. The molecule has 0 N–H and O–H groups in total. The van der Waals surface area contributed by atoms with Gasteiger partial charge in [0.1, 0.15) is 5.58 Å². The zero-order valence-electron chi connectivity index (χ0n) is 42.9. The van der Waals surface area contributed by atoms with Gasteiger partial charge in [0, 0.05) is 31.2 Å². The smallest absolute Gasteiger partial charge is 0 e. The van der Waals surface area contributed by atoms with E-state index in [0.717, 1.165) is 54.4 Å². The first-order chi connectivity index (χ1) is 32.7. The molecule has 3 heterocycles. The van der Waals surface area contributed by atoms with Gasteiger partial charge in [0.15, 0.2) is 0 Å². The fraction of sp³-hybridized carbons (Fsp3) is 0.186. The maximum absolute atomic E-state index is 8.80. The maximum Gasteiger partial charge on any atom is 0 e. The zero-order chi connectivity index (χ0) is 48.8. The molecule has 1 radical (unpaired) electrons. The molecule has 0 amide bonds. The van der Waals surface area contributed by atoms with Crippen LogP contribution in [0.15, 0.2) is 150 Å². The van der Waals surface area contributed by atoms with E-state index >= 15 is 0 Å². The van der Waals surface area contributed by atoms with Gasteiger partial charge in [-0.2, -0.15) is 0 Å². The van der Waals surface area contributed by atoms with Gasteiger partial charge in [-0.3, -0.25) is 4.98 Å². The average molecular weight is 1090 g/mol. The number of aryl methyl sites for hydroxylation is 3. The summed E-state index contributed by atoms with van der Waals surface area (Å²) in [6.07, 6.45) is 0.303. The van der Waals surface area contributed by atoms with Crippen molar-refractivity contribution in [3.05, 3.63) is 180 Å². The van der Waals surface area contributed by atoms with Crippen LogP contribution >= 0.6 is 0 Å². The molecule has 325 valence electrons. The Morgan fingerprint density at radius 1 is 0.754 bits per heavy atom. The van der Waals surface area contributed by atoms with E-state index in [1.807, 2.05) is 45.2 Å². The summed E-state index contributed by atoms with van der Waals surface area (Å²) in [5.74, 6) is 7.53. The first kappa shape index (κ1) is 38.4. The number of hydrogen-bond acceptors (Lipinski definition) is 3. The first-order valence-electron chi connectivity index (χ1n) is 24.4. The number of aromatic nitrogens is 3. The van der Waals surface area contributed by atoms with Gasteiger partial charge >= 0.3 is 145 Å². The predicted octanol–water partition coefficient (Wildman–Crippen LogP) is 15.5. The second-order valence-corrected chi connectivity index (χ2v) is 29.5. The van der Waals surface area contributed by atoms with Crippen LogP contribution in [0.1, 0.15) is 49.9 Å². The molecule has 0 unspecified atom stereocenters. The molecule has 0 aliphatic rings. The van der Waals surface area contributed by atoms with Crippen LogP contribution in [0.4, 0.5) is 0 Å². The SMILES string of the molecule is Cc1cc2ccccc2c(C)c1-n1c(-c2[c-]ccc3c2oc2ccc4c5ccccc5ccc4c23)nc2ccccc21.[2H]C([2H])([2H])c1c[c-]c(-c2cc(C([2H])([2H])C(C)(C)C)[c]([Ge]([CH3])([CH3])[CH3])cn2)cc1.[Ir]. The Morgan fingerprint density at radius 2 is 1.49 bits per heavy atom. The van der Waals surface area contributed by atoms with Gasteiger partial charge in [-0.1, -0.05) is 89.8 Å². The Labute approximate surface area is 405 Å². The van der Waals surface area contributed by atoms with Crippen LogP contribution in [0.25, 0.3) is 93.6 Å². The summed E-state index contributed by atoms with van der Waals surface area (Å²) >= 11 is -2.36. The number of hydrogen-bond donors (Lipinski definition) is 0. The Bertz CT molecular complexity index is 3810. The number of fused-ring (bicyclic) bond motifs is 9. The second kappa shape index (κ2) is 17.2. The summed E-state index contributed by atoms with van der Waals surface area (Å²) in [7, 11) is 0. The summed E-state index contributed by atoms with van der Waals surface area (Å²) in [5.41, 5.74) is 9.76. The van der Waals surface area contributed by atoms with E-state index in [0.29, 0.717) is 16.8 Å². The molecular weight excluding hydrogens is 1030 g/mol. The van der Waals surface area contributed by atoms with E-state index in [-0.39, 0.29) is 25.7 Å².